The molecule has 0 unspecified atom stereocenters. The number of nitrogens with one attached hydrogen (secondary N) is 2. The second kappa shape index (κ2) is 11.1. The third kappa shape index (κ3) is 5.30. The zero-order valence-corrected chi connectivity index (χ0v) is 22.8. The van der Waals surface area contributed by atoms with Crippen molar-refractivity contribution in [1.82, 2.24) is 19.6 Å². The first-order valence-corrected chi connectivity index (χ1v) is 13.8. The van der Waals surface area contributed by atoms with Gasteiger partial charge in [-0.2, -0.15) is 0 Å². The number of nitrogens with zero attached hydrogens (tertiary/aromatic N) is 3. The van der Waals surface area contributed by atoms with E-state index in [4.69, 9.17) is 14.2 Å². The molecule has 2 aromatic heterocycles. The van der Waals surface area contributed by atoms with Crippen LogP contribution in [-0.2, 0) is 16.4 Å². The second-order valence-corrected chi connectivity index (χ2v) is 10.1. The molecule has 0 saturated heterocycles. The van der Waals surface area contributed by atoms with Crippen molar-refractivity contribution in [3.8, 4) is 28.6 Å². The summed E-state index contributed by atoms with van der Waals surface area (Å²) in [7, 11) is -2.75. The number of H-pyrrole nitrogens is 1. The van der Waals surface area contributed by atoms with Crippen LogP contribution in [0.5, 0.6) is 17.2 Å². The molecule has 38 heavy (non-hydrogen) atoms. The quantitative estimate of drug-likeness (QED) is 0.291. The molecule has 2 heterocycles. The summed E-state index contributed by atoms with van der Waals surface area (Å²) in [5, 5.41) is 4.63. The van der Waals surface area contributed by atoms with Gasteiger partial charge in [0.25, 0.3) is 15.6 Å². The summed E-state index contributed by atoms with van der Waals surface area (Å²) < 4.78 is 47.7. The Morgan fingerprint density at radius 2 is 1.74 bits per heavy atom. The minimum atomic E-state index is -4.12. The van der Waals surface area contributed by atoms with Gasteiger partial charge in [-0.05, 0) is 57.5 Å². The number of imidazole rings is 1. The van der Waals surface area contributed by atoms with E-state index in [2.05, 4.69) is 19.8 Å². The van der Waals surface area contributed by atoms with Crippen molar-refractivity contribution >= 4 is 21.2 Å². The molecule has 0 atom stereocenters. The predicted molar refractivity (Wildman–Crippen MR) is 144 cm³/mol. The van der Waals surface area contributed by atoms with Crippen LogP contribution in [0.15, 0.2) is 46.1 Å². The maximum absolute atomic E-state index is 13.5. The van der Waals surface area contributed by atoms with Gasteiger partial charge in [0.1, 0.15) is 28.0 Å². The van der Waals surface area contributed by atoms with Gasteiger partial charge in [0, 0.05) is 18.2 Å². The van der Waals surface area contributed by atoms with E-state index in [1.807, 2.05) is 13.8 Å². The number of fused-ring (bicyclic) bond motifs is 1. The maximum Gasteiger partial charge on any atom is 0.277 e. The molecule has 0 aliphatic rings. The lowest BCUT2D eigenvalue weighted by Crippen LogP contribution is -2.17. The van der Waals surface area contributed by atoms with Gasteiger partial charge in [-0.3, -0.25) is 9.52 Å². The molecule has 0 bridgehead atoms. The van der Waals surface area contributed by atoms with E-state index < -0.39 is 15.6 Å². The van der Waals surface area contributed by atoms with Crippen LogP contribution in [0.1, 0.15) is 38.7 Å². The van der Waals surface area contributed by atoms with Crippen molar-refractivity contribution < 1.29 is 22.6 Å². The van der Waals surface area contributed by atoms with E-state index in [1.165, 1.54) is 23.8 Å². The molecule has 0 aliphatic heterocycles. The molecule has 0 amide bonds. The highest BCUT2D eigenvalue weighted by Gasteiger charge is 2.25. The Morgan fingerprint density at radius 1 is 1.03 bits per heavy atom. The van der Waals surface area contributed by atoms with Crippen LogP contribution in [-0.4, -0.2) is 48.3 Å². The minimum Gasteiger partial charge on any atom is -0.495 e. The van der Waals surface area contributed by atoms with E-state index >= 15 is 0 Å². The number of hydrogen-bond donors (Lipinski definition) is 2. The number of aromatic nitrogens is 4. The van der Waals surface area contributed by atoms with E-state index in [1.54, 1.807) is 38.1 Å². The standard InChI is InChI=1S/C26H31N5O6S/c1-6-9-23-27-16(4)24-26(32)28-25(29-31(23)24)19-14-22(21(35-5)15-20(19)37-8-3)38(33,34)30-17-10-12-18(13-11-17)36-7-2/h10-15,30H,6-9H2,1-5H3,(H,28,29,32). The highest BCUT2D eigenvalue weighted by atomic mass is 32.2. The molecule has 2 N–H and O–H groups in total. The zero-order chi connectivity index (χ0) is 27.4. The van der Waals surface area contributed by atoms with E-state index in [0.29, 0.717) is 53.9 Å². The van der Waals surface area contributed by atoms with E-state index in [-0.39, 0.29) is 22.0 Å². The number of hydrogen-bond acceptors (Lipinski definition) is 8. The first kappa shape index (κ1) is 27.0. The number of anilines is 1. The molecule has 0 aliphatic carbocycles. The first-order valence-electron chi connectivity index (χ1n) is 12.3. The van der Waals surface area contributed by atoms with Crippen molar-refractivity contribution in [3.63, 3.8) is 0 Å². The van der Waals surface area contributed by atoms with Gasteiger partial charge in [0.05, 0.1) is 31.6 Å². The lowest BCUT2D eigenvalue weighted by atomic mass is 10.1. The van der Waals surface area contributed by atoms with Crippen LogP contribution in [0.3, 0.4) is 0 Å². The topological polar surface area (TPSA) is 137 Å². The van der Waals surface area contributed by atoms with Gasteiger partial charge in [0.15, 0.2) is 11.3 Å². The van der Waals surface area contributed by atoms with Crippen molar-refractivity contribution in [1.29, 1.82) is 0 Å². The number of sulfonamides is 1. The second-order valence-electron chi connectivity index (χ2n) is 8.42. The average molecular weight is 542 g/mol. The molecule has 2 aromatic carbocycles. The van der Waals surface area contributed by atoms with E-state index in [0.717, 1.165) is 6.42 Å². The number of ether oxygens (including phenoxy) is 3. The molecule has 202 valence electrons. The third-order valence-electron chi connectivity index (χ3n) is 5.74. The van der Waals surface area contributed by atoms with Gasteiger partial charge < -0.3 is 19.2 Å². The first-order chi connectivity index (χ1) is 18.2. The van der Waals surface area contributed by atoms with Crippen LogP contribution < -0.4 is 24.5 Å². The predicted octanol–water partition coefficient (Wildman–Crippen LogP) is 3.95. The van der Waals surface area contributed by atoms with Crippen LogP contribution in [0.4, 0.5) is 5.69 Å². The van der Waals surface area contributed by atoms with Crippen LogP contribution in [0.2, 0.25) is 0 Å². The summed E-state index contributed by atoms with van der Waals surface area (Å²) in [6.45, 7) is 8.22. The minimum absolute atomic E-state index is 0.0733. The zero-order valence-electron chi connectivity index (χ0n) is 22.0. The van der Waals surface area contributed by atoms with Gasteiger partial charge in [0.2, 0.25) is 0 Å². The molecule has 0 spiro atoms. The summed E-state index contributed by atoms with van der Waals surface area (Å²) in [5.74, 6) is 1.79. The Hall–Kier alpha value is -4.06. The number of aryl methyl sites for hydroxylation is 2. The summed E-state index contributed by atoms with van der Waals surface area (Å²) in [6, 6.07) is 9.42. The van der Waals surface area contributed by atoms with Crippen molar-refractivity contribution in [3.05, 3.63) is 58.3 Å². The van der Waals surface area contributed by atoms with Crippen molar-refractivity contribution in [2.75, 3.05) is 25.0 Å². The molecule has 0 fully saturated rings. The molecule has 12 heteroatoms. The third-order valence-corrected chi connectivity index (χ3v) is 7.15. The SMILES string of the molecule is CCCc1nc(C)c2c(=O)[nH]c(-c3cc(S(=O)(=O)Nc4ccc(OCC)cc4)c(OC)cc3OCC)nn12. The molecule has 0 saturated carbocycles. The highest BCUT2D eigenvalue weighted by Crippen LogP contribution is 2.37. The smallest absolute Gasteiger partial charge is 0.277 e. The maximum atomic E-state index is 13.5. The fraction of sp³-hybridized carbons (Fsp3) is 0.346. The number of rotatable bonds is 11. The normalized spacial score (nSPS) is 11.5. The molecule has 4 rings (SSSR count). The molecular formula is C26H31N5O6S. The van der Waals surface area contributed by atoms with Crippen LogP contribution in [0.25, 0.3) is 16.9 Å². The van der Waals surface area contributed by atoms with Gasteiger partial charge in [-0.15, -0.1) is 5.10 Å². The number of methoxy groups -OCH3 is 1. The summed E-state index contributed by atoms with van der Waals surface area (Å²) in [5.41, 5.74) is 1.15. The molecule has 0 radical (unpaired) electrons. The van der Waals surface area contributed by atoms with Crippen LogP contribution >= 0.6 is 0 Å². The van der Waals surface area contributed by atoms with E-state index in [9.17, 15) is 13.2 Å². The number of benzene rings is 2. The highest BCUT2D eigenvalue weighted by molar-refractivity contribution is 7.92. The Kier molecular flexibility index (Phi) is 7.91. The van der Waals surface area contributed by atoms with Gasteiger partial charge >= 0.3 is 0 Å². The monoisotopic (exact) mass is 541 g/mol. The molecule has 4 aromatic rings. The largest absolute Gasteiger partial charge is 0.495 e. The van der Waals surface area contributed by atoms with Crippen LogP contribution in [0, 0.1) is 6.92 Å². The van der Waals surface area contributed by atoms with Gasteiger partial charge in [-0.25, -0.2) is 17.9 Å². The Labute approximate surface area is 220 Å². The Balaban J connectivity index is 1.86. The molecule has 11 nitrogen and oxygen atoms in total. The summed E-state index contributed by atoms with van der Waals surface area (Å²) in [4.78, 5) is 20.2. The summed E-state index contributed by atoms with van der Waals surface area (Å²) >= 11 is 0. The van der Waals surface area contributed by atoms with Gasteiger partial charge in [-0.1, -0.05) is 6.92 Å². The summed E-state index contributed by atoms with van der Waals surface area (Å²) in [6.07, 6.45) is 1.44. The Morgan fingerprint density at radius 3 is 2.37 bits per heavy atom. The van der Waals surface area contributed by atoms with Crippen molar-refractivity contribution in [2.24, 2.45) is 0 Å². The fourth-order valence-corrected chi connectivity index (χ4v) is 5.35. The Bertz CT molecular complexity index is 1610. The fourth-order valence-electron chi connectivity index (χ4n) is 4.11. The number of aromatic amines is 1. The molecular weight excluding hydrogens is 510 g/mol. The van der Waals surface area contributed by atoms with Crippen molar-refractivity contribution in [2.45, 2.75) is 45.4 Å². The average Bonchev–Trinajstić information content (AvgIpc) is 3.20. The lowest BCUT2D eigenvalue weighted by Gasteiger charge is -2.17. The lowest BCUT2D eigenvalue weighted by molar-refractivity contribution is 0.336.